The Labute approximate surface area is 191 Å². The second-order valence-corrected chi connectivity index (χ2v) is 10.8. The van der Waals surface area contributed by atoms with Crippen molar-refractivity contribution in [2.75, 3.05) is 33.2 Å². The van der Waals surface area contributed by atoms with Crippen LogP contribution in [0.15, 0.2) is 35.6 Å². The van der Waals surface area contributed by atoms with Crippen molar-refractivity contribution >= 4 is 21.8 Å². The number of aromatic nitrogens is 1. The summed E-state index contributed by atoms with van der Waals surface area (Å²) in [4.78, 5) is 9.97. The number of H-pyrrole nitrogens is 1. The highest BCUT2D eigenvalue weighted by Gasteiger charge is 2.56. The molecule has 0 amide bonds. The molecule has 1 saturated carbocycles. The van der Waals surface area contributed by atoms with Crippen molar-refractivity contribution < 1.29 is 21.9 Å². The SMILES string of the molecule is CN(CC1C=C=[N+](C(F)F)[N-]1)S(=O)(=O)N1CCN(C2=c3cc[nH]c3=NC=CCC2)CC12CC2. The summed E-state index contributed by atoms with van der Waals surface area (Å²) in [7, 11) is -2.29. The van der Waals surface area contributed by atoms with Gasteiger partial charge in [0.05, 0.1) is 5.54 Å². The molecule has 0 aromatic carbocycles. The molecule has 5 rings (SSSR count). The van der Waals surface area contributed by atoms with E-state index in [0.717, 1.165) is 36.4 Å². The van der Waals surface area contributed by atoms with Gasteiger partial charge in [-0.1, -0.05) is 6.08 Å². The van der Waals surface area contributed by atoms with E-state index in [1.807, 2.05) is 24.5 Å². The van der Waals surface area contributed by atoms with Crippen LogP contribution < -0.4 is 10.7 Å². The topological polar surface area (TPSA) is 89.1 Å². The second kappa shape index (κ2) is 8.35. The number of hydrogen-bond donors (Lipinski definition) is 1. The van der Waals surface area contributed by atoms with Crippen molar-refractivity contribution in [2.45, 2.75) is 43.8 Å². The van der Waals surface area contributed by atoms with Gasteiger partial charge < -0.3 is 15.3 Å². The predicted molar refractivity (Wildman–Crippen MR) is 118 cm³/mol. The summed E-state index contributed by atoms with van der Waals surface area (Å²) >= 11 is 0. The van der Waals surface area contributed by atoms with Gasteiger partial charge in [0.15, 0.2) is 5.87 Å². The van der Waals surface area contributed by atoms with E-state index < -0.39 is 28.3 Å². The Bertz CT molecular complexity index is 1250. The van der Waals surface area contributed by atoms with Crippen LogP contribution in [0.3, 0.4) is 0 Å². The molecule has 12 heteroatoms. The number of likely N-dealkylation sites (N-methyl/N-ethyl adjacent to an activating group) is 1. The molecule has 1 spiro atoms. The van der Waals surface area contributed by atoms with Crippen LogP contribution in [0, 0.1) is 0 Å². The van der Waals surface area contributed by atoms with Gasteiger partial charge in [0.25, 0.3) is 10.2 Å². The van der Waals surface area contributed by atoms with Crippen molar-refractivity contribution in [1.82, 2.24) is 18.5 Å². The average Bonchev–Trinajstić information content (AvgIpc) is 3.14. The molecular formula is C21H27F2N7O2S. The first-order valence-electron chi connectivity index (χ1n) is 11.1. The normalized spacial score (nSPS) is 24.5. The average molecular weight is 480 g/mol. The first-order valence-corrected chi connectivity index (χ1v) is 12.5. The van der Waals surface area contributed by atoms with Crippen LogP contribution in [0.25, 0.3) is 11.1 Å². The fourth-order valence-corrected chi connectivity index (χ4v) is 6.52. The fraction of sp³-hybridized carbons (Fsp3) is 0.571. The minimum atomic E-state index is -3.77. The molecule has 1 aliphatic carbocycles. The van der Waals surface area contributed by atoms with E-state index in [9.17, 15) is 17.2 Å². The summed E-state index contributed by atoms with van der Waals surface area (Å²) in [6.45, 7) is -1.21. The summed E-state index contributed by atoms with van der Waals surface area (Å²) in [5.74, 6) is 2.36. The number of alkyl halides is 2. The van der Waals surface area contributed by atoms with Gasteiger partial charge in [-0.05, 0) is 37.8 Å². The van der Waals surface area contributed by atoms with E-state index in [1.165, 1.54) is 23.1 Å². The standard InChI is InChI=1S/C21H27F2N7O2S/c1-27(14-16-6-11-29(26-16)20(22)23)33(31,32)30-13-12-28(15-21(30)7-8-21)18-4-2-3-9-24-19-17(18)5-10-25-19/h3,5-6,9-10,16,20H,2,4,7-8,12-15H2,1H3,(H,24,25). The molecule has 1 saturated heterocycles. The van der Waals surface area contributed by atoms with Crippen LogP contribution in [0.5, 0.6) is 0 Å². The minimum absolute atomic E-state index is 0.00717. The highest BCUT2D eigenvalue weighted by Crippen LogP contribution is 2.47. The molecule has 33 heavy (non-hydrogen) atoms. The van der Waals surface area contributed by atoms with Crippen LogP contribution in [0.1, 0.15) is 25.7 Å². The number of aromatic amines is 1. The van der Waals surface area contributed by atoms with Gasteiger partial charge in [-0.15, -0.1) is 8.78 Å². The van der Waals surface area contributed by atoms with Gasteiger partial charge in [0.1, 0.15) is 5.49 Å². The zero-order chi connectivity index (χ0) is 23.2. The molecule has 0 bridgehead atoms. The molecule has 1 N–H and O–H groups in total. The number of rotatable bonds is 6. The molecule has 9 nitrogen and oxygen atoms in total. The quantitative estimate of drug-likeness (QED) is 0.476. The van der Waals surface area contributed by atoms with E-state index in [1.54, 1.807) is 4.31 Å². The second-order valence-electron chi connectivity index (χ2n) is 8.85. The van der Waals surface area contributed by atoms with Gasteiger partial charge >= 0.3 is 6.55 Å². The van der Waals surface area contributed by atoms with Crippen molar-refractivity contribution in [3.8, 4) is 0 Å². The number of allylic oxidation sites excluding steroid dienone is 1. The Hall–Kier alpha value is -2.53. The Morgan fingerprint density at radius 3 is 2.97 bits per heavy atom. The molecule has 1 aromatic rings. The third-order valence-corrected chi connectivity index (χ3v) is 8.73. The summed E-state index contributed by atoms with van der Waals surface area (Å²) < 4.78 is 55.7. The van der Waals surface area contributed by atoms with E-state index in [2.05, 4.69) is 26.2 Å². The first kappa shape index (κ1) is 22.3. The van der Waals surface area contributed by atoms with E-state index in [-0.39, 0.29) is 6.54 Å². The fourth-order valence-electron chi connectivity index (χ4n) is 4.80. The van der Waals surface area contributed by atoms with Gasteiger partial charge in [-0.25, -0.2) is 4.99 Å². The monoisotopic (exact) mass is 479 g/mol. The summed E-state index contributed by atoms with van der Waals surface area (Å²) in [6.07, 6.45) is 10.5. The zero-order valence-corrected chi connectivity index (χ0v) is 19.2. The highest BCUT2D eigenvalue weighted by molar-refractivity contribution is 7.86. The van der Waals surface area contributed by atoms with Crippen LogP contribution in [-0.2, 0) is 10.2 Å². The lowest BCUT2D eigenvalue weighted by Crippen LogP contribution is -2.60. The third kappa shape index (κ3) is 4.12. The van der Waals surface area contributed by atoms with Crippen molar-refractivity contribution in [1.29, 1.82) is 0 Å². The largest absolute Gasteiger partial charge is 0.450 e. The number of nitrogens with zero attached hydrogens (tertiary/aromatic N) is 6. The van der Waals surface area contributed by atoms with Gasteiger partial charge in [-0.3, -0.25) is 0 Å². The number of hydrogen-bond acceptors (Lipinski definition) is 4. The van der Waals surface area contributed by atoms with Gasteiger partial charge in [-0.2, -0.15) is 21.7 Å². The molecule has 3 aliphatic heterocycles. The van der Waals surface area contributed by atoms with E-state index in [4.69, 9.17) is 0 Å². The molecule has 1 unspecified atom stereocenters. The Balaban J connectivity index is 1.32. The lowest BCUT2D eigenvalue weighted by atomic mass is 10.1. The van der Waals surface area contributed by atoms with Gasteiger partial charge in [0.2, 0.25) is 0 Å². The lowest BCUT2D eigenvalue weighted by molar-refractivity contribution is -0.577. The maximum absolute atomic E-state index is 13.4. The Morgan fingerprint density at radius 2 is 2.24 bits per heavy atom. The summed E-state index contributed by atoms with van der Waals surface area (Å²) in [5, 5.41) is 1.07. The number of fused-ring (bicyclic) bond motifs is 1. The van der Waals surface area contributed by atoms with Crippen LogP contribution in [0.4, 0.5) is 8.78 Å². The zero-order valence-electron chi connectivity index (χ0n) is 18.4. The molecule has 2 fully saturated rings. The number of halogens is 2. The Morgan fingerprint density at radius 1 is 1.42 bits per heavy atom. The van der Waals surface area contributed by atoms with Gasteiger partial charge in [0, 0.05) is 62.6 Å². The maximum Gasteiger partial charge on any atom is 0.450 e. The predicted octanol–water partition coefficient (Wildman–Crippen LogP) is 0.509. The van der Waals surface area contributed by atoms with Crippen molar-refractivity contribution in [2.24, 2.45) is 4.99 Å². The minimum Gasteiger partial charge on any atom is -0.416 e. The van der Waals surface area contributed by atoms with Crippen LogP contribution >= 0.6 is 0 Å². The molecule has 4 aliphatic rings. The molecular weight excluding hydrogens is 452 g/mol. The number of nitrogens with one attached hydrogen (secondary N) is 1. The molecule has 1 atom stereocenters. The van der Waals surface area contributed by atoms with Crippen LogP contribution in [0.2, 0.25) is 0 Å². The van der Waals surface area contributed by atoms with Crippen LogP contribution in [-0.4, -0.2) is 88.8 Å². The lowest BCUT2D eigenvalue weighted by Gasteiger charge is -2.44. The smallest absolute Gasteiger partial charge is 0.416 e. The molecule has 1 aromatic heterocycles. The molecule has 4 heterocycles. The Kier molecular flexibility index (Phi) is 5.64. The van der Waals surface area contributed by atoms with E-state index in [0.29, 0.717) is 24.3 Å². The highest BCUT2D eigenvalue weighted by atomic mass is 32.2. The summed E-state index contributed by atoms with van der Waals surface area (Å²) in [6, 6.07) is 1.35. The molecule has 0 radical (unpaired) electrons. The van der Waals surface area contributed by atoms with Crippen molar-refractivity contribution in [3.63, 3.8) is 0 Å². The number of piperazine rings is 1. The maximum atomic E-state index is 13.4. The first-order chi connectivity index (χ1) is 15.8. The van der Waals surface area contributed by atoms with E-state index >= 15 is 0 Å². The summed E-state index contributed by atoms with van der Waals surface area (Å²) in [5.41, 5.74) is 5.38. The van der Waals surface area contributed by atoms with Crippen molar-refractivity contribution in [3.05, 3.63) is 46.7 Å². The third-order valence-electron chi connectivity index (χ3n) is 6.66. The molecule has 178 valence electrons.